The Hall–Kier alpha value is -2.58. The highest BCUT2D eigenvalue weighted by molar-refractivity contribution is 7.92. The van der Waals surface area contributed by atoms with Crippen molar-refractivity contribution in [2.75, 3.05) is 24.2 Å². The predicted molar refractivity (Wildman–Crippen MR) is 116 cm³/mol. The maximum Gasteiger partial charge on any atom is 0.243 e. The zero-order valence-corrected chi connectivity index (χ0v) is 18.1. The molecule has 1 fully saturated rings. The van der Waals surface area contributed by atoms with Crippen LogP contribution in [0.3, 0.4) is 0 Å². The molecule has 1 saturated carbocycles. The summed E-state index contributed by atoms with van der Waals surface area (Å²) >= 11 is 0. The van der Waals surface area contributed by atoms with Crippen molar-refractivity contribution in [3.8, 4) is 11.5 Å². The summed E-state index contributed by atoms with van der Waals surface area (Å²) < 4.78 is 32.1. The summed E-state index contributed by atoms with van der Waals surface area (Å²) in [6.45, 7) is -0.367. The summed E-state index contributed by atoms with van der Waals surface area (Å²) in [7, 11) is -2.14. The molecule has 0 heterocycles. The fourth-order valence-electron chi connectivity index (χ4n) is 3.71. The Bertz CT molecular complexity index is 965. The van der Waals surface area contributed by atoms with Crippen LogP contribution < -0.4 is 9.04 Å². The molecule has 0 spiro atoms. The molecular formula is C22H28N2O5S. The molecule has 2 aromatic carbocycles. The molecule has 1 amide bonds. The third-order valence-corrected chi connectivity index (χ3v) is 6.50. The molecule has 0 radical (unpaired) electrons. The molecule has 0 aliphatic heterocycles. The van der Waals surface area contributed by atoms with E-state index in [1.165, 1.54) is 4.90 Å². The second-order valence-electron chi connectivity index (χ2n) is 7.58. The number of anilines is 1. The van der Waals surface area contributed by atoms with Gasteiger partial charge in [0.25, 0.3) is 0 Å². The van der Waals surface area contributed by atoms with Crippen LogP contribution >= 0.6 is 0 Å². The molecule has 2 atom stereocenters. The highest BCUT2D eigenvalue weighted by atomic mass is 32.2. The van der Waals surface area contributed by atoms with E-state index in [4.69, 9.17) is 4.74 Å². The minimum atomic E-state index is -3.76. The van der Waals surface area contributed by atoms with Crippen molar-refractivity contribution in [3.05, 3.63) is 54.6 Å². The number of aliphatic hydroxyl groups excluding tert-OH is 1. The van der Waals surface area contributed by atoms with Gasteiger partial charge in [0.1, 0.15) is 12.3 Å². The zero-order valence-electron chi connectivity index (χ0n) is 17.3. The van der Waals surface area contributed by atoms with E-state index in [1.54, 1.807) is 43.4 Å². The number of rotatable bonds is 7. The molecule has 1 N–H and O–H groups in total. The predicted octanol–water partition coefficient (Wildman–Crippen LogP) is 3.01. The SMILES string of the molecule is CN(C(=O)CN(c1ccccc1Oc1ccccc1)S(C)(=O)=O)C1CCCCC1O. The van der Waals surface area contributed by atoms with Gasteiger partial charge in [0.05, 0.1) is 24.1 Å². The zero-order chi connectivity index (χ0) is 21.7. The number of carbonyl (C=O) groups is 1. The first-order valence-electron chi connectivity index (χ1n) is 10.0. The van der Waals surface area contributed by atoms with Gasteiger partial charge in [0.15, 0.2) is 5.75 Å². The second-order valence-corrected chi connectivity index (χ2v) is 9.48. The summed E-state index contributed by atoms with van der Waals surface area (Å²) in [4.78, 5) is 14.4. The molecule has 1 aliphatic carbocycles. The third kappa shape index (κ3) is 5.31. The van der Waals surface area contributed by atoms with Gasteiger partial charge in [-0.1, -0.05) is 43.2 Å². The monoisotopic (exact) mass is 432 g/mol. The Morgan fingerprint density at radius 3 is 2.37 bits per heavy atom. The van der Waals surface area contributed by atoms with Gasteiger partial charge in [-0.3, -0.25) is 9.10 Å². The quantitative estimate of drug-likeness (QED) is 0.727. The first-order chi connectivity index (χ1) is 14.3. The van der Waals surface area contributed by atoms with Crippen LogP contribution in [0.4, 0.5) is 5.69 Å². The molecular weight excluding hydrogens is 404 g/mol. The van der Waals surface area contributed by atoms with Crippen LogP contribution in [0, 0.1) is 0 Å². The first kappa shape index (κ1) is 22.1. The number of benzene rings is 2. The van der Waals surface area contributed by atoms with E-state index < -0.39 is 16.1 Å². The molecule has 0 aromatic heterocycles. The van der Waals surface area contributed by atoms with E-state index in [9.17, 15) is 18.3 Å². The topological polar surface area (TPSA) is 87.2 Å². The average molecular weight is 433 g/mol. The number of sulfonamides is 1. The van der Waals surface area contributed by atoms with E-state index in [2.05, 4.69) is 0 Å². The standard InChI is InChI=1S/C22H28N2O5S/c1-23(18-12-6-8-14-20(18)25)22(26)16-24(30(2,27)28)19-13-7-9-15-21(19)29-17-10-4-3-5-11-17/h3-5,7,9-11,13,15,18,20,25H,6,8,12,14,16H2,1-2H3. The van der Waals surface area contributed by atoms with Gasteiger partial charge in [-0.25, -0.2) is 8.42 Å². The van der Waals surface area contributed by atoms with E-state index >= 15 is 0 Å². The highest BCUT2D eigenvalue weighted by Gasteiger charge is 2.32. The lowest BCUT2D eigenvalue weighted by Crippen LogP contribution is -2.50. The Labute approximate surface area is 177 Å². The maximum atomic E-state index is 13.0. The van der Waals surface area contributed by atoms with E-state index in [0.717, 1.165) is 23.4 Å². The molecule has 30 heavy (non-hydrogen) atoms. The van der Waals surface area contributed by atoms with Crippen molar-refractivity contribution in [1.29, 1.82) is 0 Å². The van der Waals surface area contributed by atoms with Gasteiger partial charge in [0.2, 0.25) is 15.9 Å². The van der Waals surface area contributed by atoms with E-state index in [0.29, 0.717) is 24.3 Å². The van der Waals surface area contributed by atoms with Crippen LogP contribution in [0.2, 0.25) is 0 Å². The lowest BCUT2D eigenvalue weighted by Gasteiger charge is -2.36. The molecule has 162 valence electrons. The largest absolute Gasteiger partial charge is 0.455 e. The Morgan fingerprint density at radius 1 is 1.07 bits per heavy atom. The van der Waals surface area contributed by atoms with Gasteiger partial charge in [-0.05, 0) is 37.1 Å². The molecule has 0 bridgehead atoms. The Morgan fingerprint density at radius 2 is 1.70 bits per heavy atom. The molecule has 8 heteroatoms. The van der Waals surface area contributed by atoms with Crippen molar-refractivity contribution in [2.45, 2.75) is 37.8 Å². The molecule has 2 unspecified atom stereocenters. The van der Waals surface area contributed by atoms with Gasteiger partial charge in [-0.2, -0.15) is 0 Å². The lowest BCUT2D eigenvalue weighted by molar-refractivity contribution is -0.133. The van der Waals surface area contributed by atoms with Crippen LogP contribution in [0.5, 0.6) is 11.5 Å². The summed E-state index contributed by atoms with van der Waals surface area (Å²) in [6.07, 6.45) is 3.69. The van der Waals surface area contributed by atoms with Crippen LogP contribution in [0.15, 0.2) is 54.6 Å². The fraction of sp³-hybridized carbons (Fsp3) is 0.409. The molecule has 7 nitrogen and oxygen atoms in total. The van der Waals surface area contributed by atoms with Crippen LogP contribution in [-0.4, -0.2) is 56.3 Å². The first-order valence-corrected chi connectivity index (χ1v) is 11.9. The highest BCUT2D eigenvalue weighted by Crippen LogP contribution is 2.33. The third-order valence-electron chi connectivity index (χ3n) is 5.37. The Balaban J connectivity index is 1.86. The van der Waals surface area contributed by atoms with Crippen molar-refractivity contribution in [1.82, 2.24) is 4.90 Å². The van der Waals surface area contributed by atoms with E-state index in [1.807, 2.05) is 18.2 Å². The van der Waals surface area contributed by atoms with Crippen molar-refractivity contribution in [3.63, 3.8) is 0 Å². The number of para-hydroxylation sites is 3. The number of hydrogen-bond acceptors (Lipinski definition) is 5. The minimum Gasteiger partial charge on any atom is -0.455 e. The summed E-state index contributed by atoms with van der Waals surface area (Å²) in [5, 5.41) is 10.3. The van der Waals surface area contributed by atoms with Gasteiger partial charge in [-0.15, -0.1) is 0 Å². The van der Waals surface area contributed by atoms with Crippen LogP contribution in [0.1, 0.15) is 25.7 Å². The number of amides is 1. The summed E-state index contributed by atoms with van der Waals surface area (Å²) in [5.74, 6) is 0.523. The average Bonchev–Trinajstić information content (AvgIpc) is 2.72. The smallest absolute Gasteiger partial charge is 0.243 e. The lowest BCUT2D eigenvalue weighted by atomic mass is 9.91. The maximum absolute atomic E-state index is 13.0. The minimum absolute atomic E-state index is 0.287. The van der Waals surface area contributed by atoms with Crippen molar-refractivity contribution >= 4 is 21.6 Å². The van der Waals surface area contributed by atoms with Crippen LogP contribution in [-0.2, 0) is 14.8 Å². The molecule has 3 rings (SSSR count). The number of carbonyl (C=O) groups excluding carboxylic acids is 1. The normalized spacial score (nSPS) is 19.2. The number of ether oxygens (including phenoxy) is 1. The Kier molecular flexibility index (Phi) is 6.99. The second kappa shape index (κ2) is 9.49. The van der Waals surface area contributed by atoms with Crippen LogP contribution in [0.25, 0.3) is 0 Å². The molecule has 0 saturated heterocycles. The van der Waals surface area contributed by atoms with Crippen molar-refractivity contribution in [2.24, 2.45) is 0 Å². The van der Waals surface area contributed by atoms with Crippen molar-refractivity contribution < 1.29 is 23.1 Å². The molecule has 1 aliphatic rings. The fourth-order valence-corrected chi connectivity index (χ4v) is 4.56. The number of likely N-dealkylation sites (N-methyl/N-ethyl adjacent to an activating group) is 1. The number of nitrogens with zero attached hydrogens (tertiary/aromatic N) is 2. The number of hydrogen-bond donors (Lipinski definition) is 1. The summed E-state index contributed by atoms with van der Waals surface area (Å²) in [6, 6.07) is 15.5. The van der Waals surface area contributed by atoms with Gasteiger partial charge >= 0.3 is 0 Å². The summed E-state index contributed by atoms with van der Waals surface area (Å²) in [5.41, 5.74) is 0.287. The van der Waals surface area contributed by atoms with Gasteiger partial charge < -0.3 is 14.7 Å². The van der Waals surface area contributed by atoms with E-state index in [-0.39, 0.29) is 24.2 Å². The van der Waals surface area contributed by atoms with Gasteiger partial charge in [0, 0.05) is 7.05 Å². The molecule has 2 aromatic rings. The number of aliphatic hydroxyl groups is 1.